The summed E-state index contributed by atoms with van der Waals surface area (Å²) in [6.45, 7) is 0.611. The lowest BCUT2D eigenvalue weighted by Gasteiger charge is -2.04. The highest BCUT2D eigenvalue weighted by Gasteiger charge is 2.02. The molecule has 0 aliphatic rings. The largest absolute Gasteiger partial charge is 0.465 e. The summed E-state index contributed by atoms with van der Waals surface area (Å²) in [6, 6.07) is 6.31. The molecule has 3 N–H and O–H groups in total. The Morgan fingerprint density at radius 1 is 1.16 bits per heavy atom. The van der Waals surface area contributed by atoms with Gasteiger partial charge in [-0.3, -0.25) is 4.79 Å². The van der Waals surface area contributed by atoms with Crippen LogP contribution in [0.15, 0.2) is 24.3 Å². The minimum atomic E-state index is -1.20. The third-order valence-electron chi connectivity index (χ3n) is 2.49. The van der Waals surface area contributed by atoms with Gasteiger partial charge in [-0.25, -0.2) is 9.18 Å². The number of halogens is 1. The van der Waals surface area contributed by atoms with Crippen LogP contribution in [0.1, 0.15) is 12.0 Å². The summed E-state index contributed by atoms with van der Waals surface area (Å²) in [5.74, 6) is -0.456. The Morgan fingerprint density at radius 2 is 1.84 bits per heavy atom. The van der Waals surface area contributed by atoms with Crippen molar-refractivity contribution in [2.45, 2.75) is 12.8 Å². The molecule has 104 valence electrons. The fourth-order valence-electron chi connectivity index (χ4n) is 1.53. The normalized spacial score (nSPS) is 10.2. The minimum Gasteiger partial charge on any atom is -0.465 e. The van der Waals surface area contributed by atoms with E-state index in [9.17, 15) is 14.0 Å². The van der Waals surface area contributed by atoms with Crippen LogP contribution in [0.2, 0.25) is 0 Å². The van der Waals surface area contributed by atoms with Crippen molar-refractivity contribution in [2.24, 2.45) is 0 Å². The van der Waals surface area contributed by atoms with Crippen LogP contribution < -0.4 is 10.6 Å². The first kappa shape index (κ1) is 15.1. The maximum absolute atomic E-state index is 12.7. The van der Waals surface area contributed by atoms with Crippen LogP contribution in [0, 0.1) is 5.82 Å². The van der Waals surface area contributed by atoms with E-state index >= 15 is 0 Å². The predicted molar refractivity (Wildman–Crippen MR) is 68.6 cm³/mol. The Kier molecular flexibility index (Phi) is 6.52. The van der Waals surface area contributed by atoms with E-state index in [1.165, 1.54) is 12.1 Å². The first-order valence-electron chi connectivity index (χ1n) is 6.01. The topological polar surface area (TPSA) is 78.4 Å². The highest BCUT2D eigenvalue weighted by Crippen LogP contribution is 2.04. The lowest BCUT2D eigenvalue weighted by atomic mass is 10.1. The number of rotatable bonds is 8. The zero-order valence-corrected chi connectivity index (χ0v) is 10.5. The molecule has 0 heterocycles. The van der Waals surface area contributed by atoms with Crippen LogP contribution in [-0.4, -0.2) is 36.6 Å². The summed E-state index contributed by atoms with van der Waals surface area (Å²) in [7, 11) is 0. The van der Waals surface area contributed by atoms with Gasteiger partial charge in [0.2, 0.25) is 0 Å². The van der Waals surface area contributed by atoms with E-state index in [1.807, 2.05) is 5.32 Å². The first-order valence-corrected chi connectivity index (χ1v) is 6.01. The van der Waals surface area contributed by atoms with Gasteiger partial charge in [0.05, 0.1) is 13.1 Å². The number of carbonyl (C=O) groups excluding carboxylic acids is 1. The van der Waals surface area contributed by atoms with Crippen molar-refractivity contribution in [1.82, 2.24) is 10.6 Å². The molecule has 6 heteroatoms. The summed E-state index contributed by atoms with van der Waals surface area (Å²) in [5, 5.41) is 13.3. The summed E-state index contributed by atoms with van der Waals surface area (Å²) in [6.07, 6.45) is 0.421. The maximum Gasteiger partial charge on any atom is 0.405 e. The first-order chi connectivity index (χ1) is 9.08. The molecule has 0 bridgehead atoms. The van der Waals surface area contributed by atoms with Gasteiger partial charge in [-0.1, -0.05) is 12.1 Å². The van der Waals surface area contributed by atoms with E-state index in [0.717, 1.165) is 18.4 Å². The van der Waals surface area contributed by atoms with Crippen LogP contribution in [0.5, 0.6) is 0 Å². The molecular weight excluding hydrogens is 251 g/mol. The van der Waals surface area contributed by atoms with Crippen molar-refractivity contribution in [3.63, 3.8) is 0 Å². The predicted octanol–water partition coefficient (Wildman–Crippen LogP) is 1.18. The van der Waals surface area contributed by atoms with E-state index in [1.54, 1.807) is 12.1 Å². The van der Waals surface area contributed by atoms with Crippen LogP contribution in [-0.2, 0) is 11.2 Å². The summed E-state index contributed by atoms with van der Waals surface area (Å²) < 4.78 is 12.7. The number of hydrogen-bond donors (Lipinski definition) is 3. The molecule has 1 amide bonds. The molecule has 0 aliphatic carbocycles. The number of amides is 1. The minimum absolute atomic E-state index is 0.143. The second kappa shape index (κ2) is 8.20. The molecule has 0 fully saturated rings. The Hall–Kier alpha value is -1.95. The quantitative estimate of drug-likeness (QED) is 0.619. The van der Waals surface area contributed by atoms with Crippen LogP contribution >= 0.6 is 0 Å². The van der Waals surface area contributed by atoms with Gasteiger partial charge in [0.25, 0.3) is 0 Å². The Labute approximate surface area is 110 Å². The number of Topliss-reactive ketones (excluding diaryl/α,β-unsaturated/α-hetero) is 1. The number of aryl methyl sites for hydroxylation is 1. The van der Waals surface area contributed by atoms with Gasteiger partial charge in [0.1, 0.15) is 5.82 Å². The smallest absolute Gasteiger partial charge is 0.405 e. The van der Waals surface area contributed by atoms with Crippen molar-refractivity contribution in [1.29, 1.82) is 0 Å². The van der Waals surface area contributed by atoms with E-state index in [4.69, 9.17) is 5.11 Å². The summed E-state index contributed by atoms with van der Waals surface area (Å²) in [5.41, 5.74) is 1.04. The SMILES string of the molecule is O=C(CNCCCc1ccc(F)cc1)CNC(=O)O. The molecular formula is C13H17FN2O3. The molecule has 0 aromatic heterocycles. The van der Waals surface area contributed by atoms with Crippen molar-refractivity contribution < 1.29 is 19.1 Å². The summed E-state index contributed by atoms with van der Waals surface area (Å²) in [4.78, 5) is 21.3. The molecule has 5 nitrogen and oxygen atoms in total. The van der Waals surface area contributed by atoms with Gasteiger partial charge in [-0.05, 0) is 37.1 Å². The Morgan fingerprint density at radius 3 is 2.47 bits per heavy atom. The van der Waals surface area contributed by atoms with Crippen molar-refractivity contribution in [3.8, 4) is 0 Å². The van der Waals surface area contributed by atoms with Gasteiger partial charge < -0.3 is 15.7 Å². The van der Waals surface area contributed by atoms with Crippen molar-refractivity contribution >= 4 is 11.9 Å². The molecule has 0 unspecified atom stereocenters. The molecule has 19 heavy (non-hydrogen) atoms. The summed E-state index contributed by atoms with van der Waals surface area (Å²) >= 11 is 0. The molecule has 0 spiro atoms. The van der Waals surface area contributed by atoms with E-state index in [2.05, 4.69) is 5.32 Å². The van der Waals surface area contributed by atoms with Gasteiger partial charge in [-0.2, -0.15) is 0 Å². The molecule has 1 aromatic carbocycles. The average molecular weight is 268 g/mol. The van der Waals surface area contributed by atoms with E-state index in [0.29, 0.717) is 6.54 Å². The van der Waals surface area contributed by atoms with Crippen molar-refractivity contribution in [2.75, 3.05) is 19.6 Å². The zero-order valence-electron chi connectivity index (χ0n) is 10.5. The third kappa shape index (κ3) is 7.15. The standard InChI is InChI=1S/C13H17FN2O3/c14-11-5-3-10(4-6-11)2-1-7-15-8-12(17)9-16-13(18)19/h3-6,15-16H,1-2,7-9H2,(H,18,19). The number of hydrogen-bond acceptors (Lipinski definition) is 3. The van der Waals surface area contributed by atoms with Crippen LogP contribution in [0.25, 0.3) is 0 Å². The molecule has 0 saturated heterocycles. The number of ketones is 1. The number of benzene rings is 1. The Balaban J connectivity index is 2.06. The van der Waals surface area contributed by atoms with Gasteiger partial charge in [-0.15, -0.1) is 0 Å². The van der Waals surface area contributed by atoms with Gasteiger partial charge in [0.15, 0.2) is 5.78 Å². The second-order valence-electron chi connectivity index (χ2n) is 4.10. The van der Waals surface area contributed by atoms with Crippen LogP contribution in [0.4, 0.5) is 9.18 Å². The second-order valence-corrected chi connectivity index (χ2v) is 4.10. The number of nitrogens with one attached hydrogen (secondary N) is 2. The fraction of sp³-hybridized carbons (Fsp3) is 0.385. The molecule has 1 aromatic rings. The molecule has 0 radical (unpaired) electrons. The van der Waals surface area contributed by atoms with E-state index in [-0.39, 0.29) is 24.7 Å². The lowest BCUT2D eigenvalue weighted by Crippen LogP contribution is -2.34. The Bertz CT molecular complexity index is 420. The highest BCUT2D eigenvalue weighted by atomic mass is 19.1. The fourth-order valence-corrected chi connectivity index (χ4v) is 1.53. The molecule has 1 rings (SSSR count). The number of carbonyl (C=O) groups is 2. The highest BCUT2D eigenvalue weighted by molar-refractivity contribution is 5.85. The van der Waals surface area contributed by atoms with Gasteiger partial charge in [0, 0.05) is 0 Å². The maximum atomic E-state index is 12.7. The van der Waals surface area contributed by atoms with Crippen LogP contribution in [0.3, 0.4) is 0 Å². The number of carboxylic acid groups (broad SMARTS) is 1. The van der Waals surface area contributed by atoms with Gasteiger partial charge >= 0.3 is 6.09 Å². The monoisotopic (exact) mass is 268 g/mol. The zero-order chi connectivity index (χ0) is 14.1. The lowest BCUT2D eigenvalue weighted by molar-refractivity contribution is -0.117. The molecule has 0 aliphatic heterocycles. The third-order valence-corrected chi connectivity index (χ3v) is 2.49. The van der Waals surface area contributed by atoms with Crippen molar-refractivity contribution in [3.05, 3.63) is 35.6 Å². The van der Waals surface area contributed by atoms with E-state index < -0.39 is 6.09 Å². The average Bonchev–Trinajstić information content (AvgIpc) is 2.38. The molecule has 0 atom stereocenters. The molecule has 0 saturated carbocycles.